The van der Waals surface area contributed by atoms with Crippen LogP contribution in [0, 0.1) is 11.3 Å². The number of anilines is 3. The highest BCUT2D eigenvalue weighted by Crippen LogP contribution is 2.38. The predicted molar refractivity (Wildman–Crippen MR) is 163 cm³/mol. The van der Waals surface area contributed by atoms with Crippen molar-refractivity contribution >= 4 is 45.5 Å². The third-order valence-corrected chi connectivity index (χ3v) is 6.72. The molecule has 11 heteroatoms. The van der Waals surface area contributed by atoms with Gasteiger partial charge in [0, 0.05) is 41.9 Å². The van der Waals surface area contributed by atoms with Gasteiger partial charge >= 0.3 is 0 Å². The van der Waals surface area contributed by atoms with Crippen LogP contribution >= 0.6 is 11.6 Å². The zero-order valence-electron chi connectivity index (χ0n) is 23.8. The molecule has 42 heavy (non-hydrogen) atoms. The molecular formula is C31H33ClN6O4. The topological polar surface area (TPSA) is 133 Å². The quantitative estimate of drug-likeness (QED) is 0.181. The molecule has 3 N–H and O–H groups in total. The molecule has 0 bridgehead atoms. The molecular weight excluding hydrogens is 556 g/mol. The molecule has 4 rings (SSSR count). The zero-order chi connectivity index (χ0) is 30.1. The van der Waals surface area contributed by atoms with Gasteiger partial charge in [0.25, 0.3) is 0 Å². The monoisotopic (exact) mass is 588 g/mol. The number of hydrogen-bond donors (Lipinski definition) is 3. The Morgan fingerprint density at radius 3 is 2.69 bits per heavy atom. The highest BCUT2D eigenvalue weighted by atomic mass is 35.5. The number of nitrogens with one attached hydrogen (secondary N) is 2. The summed E-state index contributed by atoms with van der Waals surface area (Å²) in [6.07, 6.45) is 4.20. The summed E-state index contributed by atoms with van der Waals surface area (Å²) in [6, 6.07) is 14.4. The molecule has 4 aromatic rings. The number of pyridine rings is 2. The summed E-state index contributed by atoms with van der Waals surface area (Å²) in [5, 5.41) is 26.6. The Hall–Kier alpha value is -4.43. The summed E-state index contributed by atoms with van der Waals surface area (Å²) in [4.78, 5) is 23.5. The summed E-state index contributed by atoms with van der Waals surface area (Å²) in [5.41, 5.74) is 3.73. The fourth-order valence-corrected chi connectivity index (χ4v) is 4.52. The highest BCUT2D eigenvalue weighted by Gasteiger charge is 2.17. The SMILES string of the molecule is CCOc1cc2ncc(C#N)c(Nc3ccc(OCc4ncccc4CO)cc3Cl)c2cc1NC(=O)CCCN(C)C. The van der Waals surface area contributed by atoms with E-state index in [1.165, 1.54) is 6.20 Å². The van der Waals surface area contributed by atoms with E-state index in [9.17, 15) is 15.2 Å². The molecule has 0 aliphatic rings. The number of nitrogens with zero attached hydrogens (tertiary/aromatic N) is 4. The lowest BCUT2D eigenvalue weighted by atomic mass is 10.1. The number of aliphatic hydroxyl groups excluding tert-OH is 1. The molecule has 0 radical (unpaired) electrons. The molecule has 2 aromatic carbocycles. The minimum atomic E-state index is -0.134. The second kappa shape index (κ2) is 14.5. The van der Waals surface area contributed by atoms with Crippen LogP contribution in [0.3, 0.4) is 0 Å². The Balaban J connectivity index is 1.62. The number of halogens is 1. The standard InChI is InChI=1S/C31H33ClN6O4/c1-4-41-29-15-26-23(14-27(29)36-30(40)8-6-12-38(2)3)31(21(16-33)17-35-26)37-25-10-9-22(13-24(25)32)42-19-28-20(18-39)7-5-11-34-28/h5,7,9-11,13-15,17,39H,4,6,8,12,18-19H2,1-3H3,(H,35,37)(H,36,40). The van der Waals surface area contributed by atoms with Crippen molar-refractivity contribution in [3.8, 4) is 17.6 Å². The first-order valence-corrected chi connectivity index (χ1v) is 13.9. The molecule has 0 saturated heterocycles. The van der Waals surface area contributed by atoms with Crippen molar-refractivity contribution in [2.24, 2.45) is 0 Å². The first kappa shape index (κ1) is 30.5. The molecule has 10 nitrogen and oxygen atoms in total. The molecule has 0 unspecified atom stereocenters. The van der Waals surface area contributed by atoms with Crippen molar-refractivity contribution in [3.05, 3.63) is 76.7 Å². The number of fused-ring (bicyclic) bond motifs is 1. The number of benzene rings is 2. The van der Waals surface area contributed by atoms with Crippen LogP contribution in [0.15, 0.2) is 54.9 Å². The van der Waals surface area contributed by atoms with Gasteiger partial charge in [0.15, 0.2) is 0 Å². The predicted octanol–water partition coefficient (Wildman–Crippen LogP) is 5.65. The summed E-state index contributed by atoms with van der Waals surface area (Å²) in [5.74, 6) is 0.873. The van der Waals surface area contributed by atoms with Crippen molar-refractivity contribution in [2.45, 2.75) is 33.0 Å². The molecule has 0 saturated carbocycles. The maximum Gasteiger partial charge on any atom is 0.224 e. The number of aromatic nitrogens is 2. The second-order valence-corrected chi connectivity index (χ2v) is 10.1. The maximum absolute atomic E-state index is 12.7. The first-order valence-electron chi connectivity index (χ1n) is 13.5. The molecule has 0 fully saturated rings. The van der Waals surface area contributed by atoms with Crippen LogP contribution in [0.2, 0.25) is 5.02 Å². The zero-order valence-corrected chi connectivity index (χ0v) is 24.5. The van der Waals surface area contributed by atoms with Crippen molar-refractivity contribution < 1.29 is 19.4 Å². The normalized spacial score (nSPS) is 10.9. The largest absolute Gasteiger partial charge is 0.492 e. The molecule has 0 spiro atoms. The van der Waals surface area contributed by atoms with Crippen LogP contribution in [-0.2, 0) is 18.0 Å². The van der Waals surface area contributed by atoms with Crippen molar-refractivity contribution in [1.29, 1.82) is 5.26 Å². The summed E-state index contributed by atoms with van der Waals surface area (Å²) in [6.45, 7) is 3.10. The maximum atomic E-state index is 12.7. The lowest BCUT2D eigenvalue weighted by Crippen LogP contribution is -2.17. The van der Waals surface area contributed by atoms with Crippen LogP contribution in [-0.4, -0.2) is 53.1 Å². The van der Waals surface area contributed by atoms with Crippen molar-refractivity contribution in [2.75, 3.05) is 37.9 Å². The van der Waals surface area contributed by atoms with E-state index in [1.807, 2.05) is 25.9 Å². The van der Waals surface area contributed by atoms with Gasteiger partial charge in [-0.05, 0) is 58.3 Å². The molecule has 2 aromatic heterocycles. The van der Waals surface area contributed by atoms with Gasteiger partial charge in [0.1, 0.15) is 24.2 Å². The smallest absolute Gasteiger partial charge is 0.224 e. The highest BCUT2D eigenvalue weighted by molar-refractivity contribution is 6.33. The Bertz CT molecular complexity index is 1600. The van der Waals surface area contributed by atoms with E-state index >= 15 is 0 Å². The van der Waals surface area contributed by atoms with Crippen LogP contribution in [0.5, 0.6) is 11.5 Å². The number of ether oxygens (including phenoxy) is 2. The van der Waals surface area contributed by atoms with Gasteiger partial charge in [-0.1, -0.05) is 17.7 Å². The number of rotatable bonds is 13. The third kappa shape index (κ3) is 7.64. The van der Waals surface area contributed by atoms with Gasteiger partial charge in [0.05, 0.1) is 52.1 Å². The number of amides is 1. The van der Waals surface area contributed by atoms with E-state index in [1.54, 1.807) is 48.7 Å². The molecule has 2 heterocycles. The van der Waals surface area contributed by atoms with Crippen LogP contribution in [0.25, 0.3) is 10.9 Å². The fraction of sp³-hybridized carbons (Fsp3) is 0.290. The van der Waals surface area contributed by atoms with Gasteiger partial charge in [-0.3, -0.25) is 14.8 Å². The molecule has 1 amide bonds. The fourth-order valence-electron chi connectivity index (χ4n) is 4.30. The van der Waals surface area contributed by atoms with E-state index in [0.29, 0.717) is 80.8 Å². The van der Waals surface area contributed by atoms with Gasteiger partial charge in [-0.2, -0.15) is 5.26 Å². The van der Waals surface area contributed by atoms with Gasteiger partial charge in [0.2, 0.25) is 5.91 Å². The molecule has 0 atom stereocenters. The third-order valence-electron chi connectivity index (χ3n) is 6.40. The number of carbonyl (C=O) groups is 1. The second-order valence-electron chi connectivity index (χ2n) is 9.73. The lowest BCUT2D eigenvalue weighted by Gasteiger charge is -2.17. The van der Waals surface area contributed by atoms with Gasteiger partial charge in [-0.25, -0.2) is 0 Å². The lowest BCUT2D eigenvalue weighted by molar-refractivity contribution is -0.116. The average molecular weight is 589 g/mol. The summed E-state index contributed by atoms with van der Waals surface area (Å²) in [7, 11) is 3.93. The van der Waals surface area contributed by atoms with E-state index in [2.05, 4.69) is 26.7 Å². The van der Waals surface area contributed by atoms with E-state index in [-0.39, 0.29) is 19.1 Å². The summed E-state index contributed by atoms with van der Waals surface area (Å²) < 4.78 is 11.7. The number of hydrogen-bond acceptors (Lipinski definition) is 9. The summed E-state index contributed by atoms with van der Waals surface area (Å²) >= 11 is 6.63. The van der Waals surface area contributed by atoms with Crippen molar-refractivity contribution in [1.82, 2.24) is 14.9 Å². The van der Waals surface area contributed by atoms with E-state index in [0.717, 1.165) is 6.54 Å². The Morgan fingerprint density at radius 1 is 1.14 bits per heavy atom. The van der Waals surface area contributed by atoms with E-state index < -0.39 is 0 Å². The minimum Gasteiger partial charge on any atom is -0.492 e. The Kier molecular flexibility index (Phi) is 10.5. The van der Waals surface area contributed by atoms with Crippen molar-refractivity contribution in [3.63, 3.8) is 0 Å². The number of aliphatic hydroxyl groups is 1. The van der Waals surface area contributed by atoms with Crippen LogP contribution in [0.1, 0.15) is 36.6 Å². The molecule has 0 aliphatic carbocycles. The minimum absolute atomic E-state index is 0.133. The molecule has 0 aliphatic heterocycles. The van der Waals surface area contributed by atoms with Gasteiger partial charge < -0.3 is 30.1 Å². The number of carbonyl (C=O) groups excluding carboxylic acids is 1. The molecule has 218 valence electrons. The number of nitriles is 1. The Morgan fingerprint density at radius 2 is 1.98 bits per heavy atom. The van der Waals surface area contributed by atoms with E-state index in [4.69, 9.17) is 21.1 Å². The Labute approximate surface area is 249 Å². The van der Waals surface area contributed by atoms with Crippen LogP contribution in [0.4, 0.5) is 17.1 Å². The first-order chi connectivity index (χ1) is 20.3. The van der Waals surface area contributed by atoms with Crippen LogP contribution < -0.4 is 20.1 Å². The van der Waals surface area contributed by atoms with Gasteiger partial charge in [-0.15, -0.1) is 0 Å². The average Bonchev–Trinajstić information content (AvgIpc) is 2.97.